The topological polar surface area (TPSA) is 67.9 Å². The second kappa shape index (κ2) is 12.1. The molecule has 0 bridgehead atoms. The highest BCUT2D eigenvalue weighted by Gasteiger charge is 2.16. The minimum absolute atomic E-state index is 0.0315. The van der Waals surface area contributed by atoms with Crippen LogP contribution >= 0.6 is 11.3 Å². The minimum atomic E-state index is -0.948. The Morgan fingerprint density at radius 3 is 2.59 bits per heavy atom. The van der Waals surface area contributed by atoms with Crippen molar-refractivity contribution in [2.24, 2.45) is 0 Å². The van der Waals surface area contributed by atoms with Gasteiger partial charge in [-0.3, -0.25) is 9.59 Å². The molecule has 1 aromatic heterocycles. The summed E-state index contributed by atoms with van der Waals surface area (Å²) in [5, 5.41) is 4.49. The van der Waals surface area contributed by atoms with Crippen LogP contribution in [0.4, 0.5) is 8.78 Å². The highest BCUT2D eigenvalue weighted by Crippen LogP contribution is 2.29. The largest absolute Gasteiger partial charge is 0.493 e. The quantitative estimate of drug-likeness (QED) is 0.422. The molecule has 34 heavy (non-hydrogen) atoms. The molecular weight excluding hydrogens is 462 g/mol. The van der Waals surface area contributed by atoms with Gasteiger partial charge in [-0.25, -0.2) is 8.78 Å². The van der Waals surface area contributed by atoms with Crippen LogP contribution in [0.5, 0.6) is 11.5 Å². The van der Waals surface area contributed by atoms with Crippen LogP contribution in [0.2, 0.25) is 0 Å². The normalized spacial score (nSPS) is 10.6. The Morgan fingerprint density at radius 1 is 1.09 bits per heavy atom. The summed E-state index contributed by atoms with van der Waals surface area (Å²) in [5.41, 5.74) is 0.600. The smallest absolute Gasteiger partial charge is 0.254 e. The third-order valence-corrected chi connectivity index (χ3v) is 5.94. The zero-order chi connectivity index (χ0) is 24.5. The number of nitrogens with one attached hydrogen (secondary N) is 1. The van der Waals surface area contributed by atoms with E-state index in [1.807, 2.05) is 42.6 Å². The number of benzene rings is 2. The Balaban J connectivity index is 1.54. The van der Waals surface area contributed by atoms with Gasteiger partial charge >= 0.3 is 0 Å². The van der Waals surface area contributed by atoms with E-state index in [0.717, 1.165) is 22.6 Å². The van der Waals surface area contributed by atoms with Crippen LogP contribution in [0.1, 0.15) is 34.1 Å². The van der Waals surface area contributed by atoms with Gasteiger partial charge in [0.15, 0.2) is 11.5 Å². The molecule has 2 amide bonds. The van der Waals surface area contributed by atoms with Gasteiger partial charge in [-0.1, -0.05) is 12.1 Å². The van der Waals surface area contributed by atoms with Crippen LogP contribution < -0.4 is 14.8 Å². The van der Waals surface area contributed by atoms with Gasteiger partial charge < -0.3 is 19.7 Å². The maximum absolute atomic E-state index is 13.7. The van der Waals surface area contributed by atoms with E-state index in [-0.39, 0.29) is 24.4 Å². The molecule has 9 heteroatoms. The molecule has 3 aromatic rings. The number of ether oxygens (including phenoxy) is 2. The van der Waals surface area contributed by atoms with E-state index in [4.69, 9.17) is 9.47 Å². The lowest BCUT2D eigenvalue weighted by Crippen LogP contribution is -2.34. The van der Waals surface area contributed by atoms with Crippen molar-refractivity contribution in [1.82, 2.24) is 10.2 Å². The molecule has 0 unspecified atom stereocenters. The monoisotopic (exact) mass is 488 g/mol. The lowest BCUT2D eigenvalue weighted by Gasteiger charge is -2.22. The first kappa shape index (κ1) is 25.2. The maximum Gasteiger partial charge on any atom is 0.254 e. The lowest BCUT2D eigenvalue weighted by molar-refractivity contribution is -0.131. The summed E-state index contributed by atoms with van der Waals surface area (Å²) in [7, 11) is 1.56. The van der Waals surface area contributed by atoms with Crippen LogP contribution in [0, 0.1) is 11.6 Å². The van der Waals surface area contributed by atoms with E-state index in [1.165, 1.54) is 0 Å². The zero-order valence-corrected chi connectivity index (χ0v) is 19.8. The number of methoxy groups -OCH3 is 1. The Labute approximate surface area is 201 Å². The van der Waals surface area contributed by atoms with E-state index in [9.17, 15) is 18.4 Å². The molecule has 0 aliphatic carbocycles. The predicted octanol–water partition coefficient (Wildman–Crippen LogP) is 4.78. The average molecular weight is 489 g/mol. The molecule has 180 valence electrons. The fourth-order valence-corrected chi connectivity index (χ4v) is 3.90. The zero-order valence-electron chi connectivity index (χ0n) is 19.0. The minimum Gasteiger partial charge on any atom is -0.493 e. The van der Waals surface area contributed by atoms with Crippen molar-refractivity contribution < 1.29 is 27.8 Å². The van der Waals surface area contributed by atoms with Crippen molar-refractivity contribution in [3.05, 3.63) is 81.5 Å². The lowest BCUT2D eigenvalue weighted by atomic mass is 10.1. The van der Waals surface area contributed by atoms with Crippen molar-refractivity contribution in [2.75, 3.05) is 20.2 Å². The second-order valence-electron chi connectivity index (χ2n) is 7.39. The van der Waals surface area contributed by atoms with E-state index < -0.39 is 17.5 Å². The fourth-order valence-electron chi connectivity index (χ4n) is 3.28. The Morgan fingerprint density at radius 2 is 1.91 bits per heavy atom. The number of carbonyl (C=O) groups excluding carboxylic acids is 2. The van der Waals surface area contributed by atoms with Crippen molar-refractivity contribution in [3.63, 3.8) is 0 Å². The van der Waals surface area contributed by atoms with Gasteiger partial charge in [-0.15, -0.1) is 11.3 Å². The molecule has 6 nitrogen and oxygen atoms in total. The second-order valence-corrected chi connectivity index (χ2v) is 8.42. The average Bonchev–Trinajstić information content (AvgIpc) is 3.35. The molecule has 0 aliphatic heterocycles. The standard InChI is InChI=1S/C25H26F2N2O4S/c1-3-29(24(30)10-11-28-25(31)20-8-7-18(26)14-21(20)27)15-17-6-9-22(23(13-17)32-2)33-16-19-5-4-12-34-19/h4-9,12-14H,3,10-11,15-16H2,1-2H3,(H,28,31). The fraction of sp³-hybridized carbons (Fsp3) is 0.280. The van der Waals surface area contributed by atoms with Crippen LogP contribution in [0.15, 0.2) is 53.9 Å². The SMILES string of the molecule is CCN(Cc1ccc(OCc2cccs2)c(OC)c1)C(=O)CCNC(=O)c1ccc(F)cc1F. The first-order valence-corrected chi connectivity index (χ1v) is 11.6. The van der Waals surface area contributed by atoms with E-state index in [2.05, 4.69) is 5.32 Å². The number of thiophene rings is 1. The van der Waals surface area contributed by atoms with Gasteiger partial charge in [0.1, 0.15) is 18.2 Å². The third kappa shape index (κ3) is 6.77. The summed E-state index contributed by atoms with van der Waals surface area (Å²) < 4.78 is 38.0. The number of amides is 2. The molecule has 0 fully saturated rings. The van der Waals surface area contributed by atoms with Gasteiger partial charge in [0.2, 0.25) is 5.91 Å². The van der Waals surface area contributed by atoms with Gasteiger partial charge in [0.25, 0.3) is 5.91 Å². The number of hydrogen-bond donors (Lipinski definition) is 1. The van der Waals surface area contributed by atoms with Gasteiger partial charge in [0, 0.05) is 37.0 Å². The Bertz CT molecular complexity index is 1120. The number of halogens is 2. The van der Waals surface area contributed by atoms with Crippen molar-refractivity contribution in [2.45, 2.75) is 26.5 Å². The number of rotatable bonds is 11. The molecular formula is C25H26F2N2O4S. The Kier molecular flexibility index (Phi) is 8.98. The van der Waals surface area contributed by atoms with Crippen molar-refractivity contribution in [1.29, 1.82) is 0 Å². The molecule has 0 saturated heterocycles. The molecule has 0 atom stereocenters. The summed E-state index contributed by atoms with van der Waals surface area (Å²) in [5.74, 6) is -1.39. The Hall–Kier alpha value is -3.46. The molecule has 0 saturated carbocycles. The van der Waals surface area contributed by atoms with Crippen molar-refractivity contribution in [3.8, 4) is 11.5 Å². The van der Waals surface area contributed by atoms with Gasteiger partial charge in [-0.05, 0) is 48.2 Å². The van der Waals surface area contributed by atoms with Gasteiger partial charge in [0.05, 0.1) is 12.7 Å². The number of carbonyl (C=O) groups is 2. The molecule has 0 aliphatic rings. The number of hydrogen-bond acceptors (Lipinski definition) is 5. The molecule has 2 aromatic carbocycles. The maximum atomic E-state index is 13.7. The third-order valence-electron chi connectivity index (χ3n) is 5.09. The molecule has 1 N–H and O–H groups in total. The first-order chi connectivity index (χ1) is 16.4. The van der Waals surface area contributed by atoms with Gasteiger partial charge in [-0.2, -0.15) is 0 Å². The summed E-state index contributed by atoms with van der Waals surface area (Å²) in [4.78, 5) is 27.5. The summed E-state index contributed by atoms with van der Waals surface area (Å²) in [6.07, 6.45) is 0.0432. The van der Waals surface area contributed by atoms with Crippen LogP contribution in [0.25, 0.3) is 0 Å². The summed E-state index contributed by atoms with van der Waals surface area (Å²) in [6, 6.07) is 12.2. The molecule has 3 rings (SSSR count). The van der Waals surface area contributed by atoms with E-state index in [1.54, 1.807) is 23.3 Å². The van der Waals surface area contributed by atoms with E-state index >= 15 is 0 Å². The number of nitrogens with zero attached hydrogens (tertiary/aromatic N) is 1. The van der Waals surface area contributed by atoms with Crippen LogP contribution in [-0.2, 0) is 17.9 Å². The van der Waals surface area contributed by atoms with E-state index in [0.29, 0.717) is 37.3 Å². The first-order valence-electron chi connectivity index (χ1n) is 10.7. The molecule has 0 spiro atoms. The summed E-state index contributed by atoms with van der Waals surface area (Å²) in [6.45, 7) is 3.17. The highest BCUT2D eigenvalue weighted by atomic mass is 32.1. The predicted molar refractivity (Wildman–Crippen MR) is 126 cm³/mol. The highest BCUT2D eigenvalue weighted by molar-refractivity contribution is 7.09. The molecule has 0 radical (unpaired) electrons. The van der Waals surface area contributed by atoms with Crippen molar-refractivity contribution >= 4 is 23.2 Å². The van der Waals surface area contributed by atoms with Crippen LogP contribution in [-0.4, -0.2) is 36.9 Å². The summed E-state index contributed by atoms with van der Waals surface area (Å²) >= 11 is 1.61. The van der Waals surface area contributed by atoms with Crippen LogP contribution in [0.3, 0.4) is 0 Å². The molecule has 1 heterocycles.